The summed E-state index contributed by atoms with van der Waals surface area (Å²) in [6.45, 7) is 1.48. The van der Waals surface area contributed by atoms with Gasteiger partial charge in [0.25, 0.3) is 0 Å². The van der Waals surface area contributed by atoms with E-state index in [0.29, 0.717) is 6.42 Å². The Bertz CT molecular complexity index is 594. The molecule has 1 aromatic carbocycles. The topological polar surface area (TPSA) is 131 Å². The fourth-order valence-corrected chi connectivity index (χ4v) is 2.43. The van der Waals surface area contributed by atoms with Crippen molar-refractivity contribution in [1.82, 2.24) is 10.6 Å². The molecule has 8 heteroatoms. The molecule has 5 N–H and O–H groups in total. The number of carbonyl (C=O) groups is 3. The number of nitrogens with one attached hydrogen (secondary N) is 2. The minimum Gasteiger partial charge on any atom is -0.445 e. The van der Waals surface area contributed by atoms with E-state index in [9.17, 15) is 19.5 Å². The number of rotatable bonds is 12. The maximum atomic E-state index is 12.2. The summed E-state index contributed by atoms with van der Waals surface area (Å²) in [4.78, 5) is 35.6. The van der Waals surface area contributed by atoms with Crippen LogP contribution in [-0.2, 0) is 20.9 Å². The van der Waals surface area contributed by atoms with Crippen LogP contribution in [0.4, 0.5) is 4.79 Å². The summed E-state index contributed by atoms with van der Waals surface area (Å²) < 4.78 is 5.02. The van der Waals surface area contributed by atoms with Crippen molar-refractivity contribution in [2.75, 3.05) is 6.61 Å². The number of nitrogens with two attached hydrogens (primary N) is 1. The summed E-state index contributed by atoms with van der Waals surface area (Å²) in [6, 6.07) is 6.97. The minimum absolute atomic E-state index is 0.0355. The first-order valence-corrected chi connectivity index (χ1v) is 9.15. The molecule has 0 spiro atoms. The monoisotopic (exact) mass is 379 g/mol. The van der Waals surface area contributed by atoms with Gasteiger partial charge in [0.2, 0.25) is 11.8 Å². The summed E-state index contributed by atoms with van der Waals surface area (Å²) in [5.41, 5.74) is 6.12. The van der Waals surface area contributed by atoms with Crippen LogP contribution in [-0.4, -0.2) is 41.7 Å². The van der Waals surface area contributed by atoms with Gasteiger partial charge in [0.05, 0.1) is 6.61 Å². The Morgan fingerprint density at radius 1 is 1.07 bits per heavy atom. The average Bonchev–Trinajstić information content (AvgIpc) is 2.67. The molecular weight excluding hydrogens is 350 g/mol. The van der Waals surface area contributed by atoms with E-state index in [2.05, 4.69) is 17.6 Å². The fourth-order valence-electron chi connectivity index (χ4n) is 2.43. The SMILES string of the molecule is CCCCCC[C@H](NC(=O)[C@H](CO)NC(=O)OCc1ccccc1)C(N)=O. The number of hydrogen-bond acceptors (Lipinski definition) is 5. The van der Waals surface area contributed by atoms with Crippen molar-refractivity contribution in [3.8, 4) is 0 Å². The normalized spacial score (nSPS) is 12.7. The third kappa shape index (κ3) is 9.05. The van der Waals surface area contributed by atoms with E-state index in [1.165, 1.54) is 0 Å². The molecule has 0 fully saturated rings. The third-order valence-corrected chi connectivity index (χ3v) is 4.01. The predicted octanol–water partition coefficient (Wildman–Crippen LogP) is 1.21. The van der Waals surface area contributed by atoms with Crippen LogP contribution in [0.5, 0.6) is 0 Å². The van der Waals surface area contributed by atoms with E-state index in [4.69, 9.17) is 10.5 Å². The number of carbonyl (C=O) groups excluding carboxylic acids is 3. The first-order valence-electron chi connectivity index (χ1n) is 9.15. The zero-order chi connectivity index (χ0) is 20.1. The van der Waals surface area contributed by atoms with Crippen molar-refractivity contribution in [2.45, 2.75) is 57.7 Å². The molecule has 8 nitrogen and oxygen atoms in total. The van der Waals surface area contributed by atoms with Crippen LogP contribution in [0.1, 0.15) is 44.6 Å². The van der Waals surface area contributed by atoms with E-state index in [1.54, 1.807) is 12.1 Å². The number of aliphatic hydroxyl groups excluding tert-OH is 1. The Balaban J connectivity index is 2.48. The summed E-state index contributed by atoms with van der Waals surface area (Å²) in [5.74, 6) is -1.34. The predicted molar refractivity (Wildman–Crippen MR) is 101 cm³/mol. The number of aliphatic hydroxyl groups is 1. The van der Waals surface area contributed by atoms with Crippen LogP contribution >= 0.6 is 0 Å². The highest BCUT2D eigenvalue weighted by Gasteiger charge is 2.25. The third-order valence-electron chi connectivity index (χ3n) is 4.01. The second-order valence-corrected chi connectivity index (χ2v) is 6.25. The zero-order valence-electron chi connectivity index (χ0n) is 15.6. The second kappa shape index (κ2) is 12.7. The van der Waals surface area contributed by atoms with Crippen molar-refractivity contribution in [2.24, 2.45) is 5.73 Å². The molecule has 0 aliphatic rings. The van der Waals surface area contributed by atoms with Gasteiger partial charge in [0.15, 0.2) is 0 Å². The van der Waals surface area contributed by atoms with Crippen LogP contribution in [0.2, 0.25) is 0 Å². The maximum Gasteiger partial charge on any atom is 0.408 e. The Kier molecular flexibility index (Phi) is 10.5. The smallest absolute Gasteiger partial charge is 0.408 e. The Morgan fingerprint density at radius 2 is 1.78 bits per heavy atom. The second-order valence-electron chi connectivity index (χ2n) is 6.25. The molecule has 27 heavy (non-hydrogen) atoms. The molecule has 2 atom stereocenters. The van der Waals surface area contributed by atoms with Crippen LogP contribution in [0.3, 0.4) is 0 Å². The standard InChI is InChI=1S/C19H29N3O5/c1-2-3-4-8-11-15(17(20)24)21-18(25)16(12-23)22-19(26)27-13-14-9-6-5-7-10-14/h5-7,9-10,15-16,23H,2-4,8,11-13H2,1H3,(H2,20,24)(H,21,25)(H,22,26)/t15-,16-/m0/s1. The highest BCUT2D eigenvalue weighted by molar-refractivity contribution is 5.90. The lowest BCUT2D eigenvalue weighted by Crippen LogP contribution is -2.54. The largest absolute Gasteiger partial charge is 0.445 e. The van der Waals surface area contributed by atoms with Gasteiger partial charge in [-0.05, 0) is 12.0 Å². The van der Waals surface area contributed by atoms with Gasteiger partial charge in [-0.2, -0.15) is 0 Å². The lowest BCUT2D eigenvalue weighted by atomic mass is 10.1. The van der Waals surface area contributed by atoms with Crippen LogP contribution in [0.25, 0.3) is 0 Å². The number of unbranched alkanes of at least 4 members (excludes halogenated alkanes) is 3. The van der Waals surface area contributed by atoms with Gasteiger partial charge in [-0.1, -0.05) is 62.9 Å². The Hall–Kier alpha value is -2.61. The molecule has 0 saturated carbocycles. The average molecular weight is 379 g/mol. The molecule has 0 saturated heterocycles. The van der Waals surface area contributed by atoms with Gasteiger partial charge in [0.1, 0.15) is 18.7 Å². The van der Waals surface area contributed by atoms with E-state index in [-0.39, 0.29) is 6.61 Å². The van der Waals surface area contributed by atoms with Crippen molar-refractivity contribution in [3.05, 3.63) is 35.9 Å². The molecule has 0 aromatic heterocycles. The van der Waals surface area contributed by atoms with E-state index in [1.807, 2.05) is 18.2 Å². The number of amides is 3. The number of ether oxygens (including phenoxy) is 1. The minimum atomic E-state index is -1.23. The van der Waals surface area contributed by atoms with Crippen molar-refractivity contribution in [3.63, 3.8) is 0 Å². The van der Waals surface area contributed by atoms with Gasteiger partial charge in [-0.25, -0.2) is 4.79 Å². The van der Waals surface area contributed by atoms with Gasteiger partial charge in [0, 0.05) is 0 Å². The summed E-state index contributed by atoms with van der Waals surface area (Å²) in [7, 11) is 0. The number of hydrogen-bond donors (Lipinski definition) is 4. The highest BCUT2D eigenvalue weighted by atomic mass is 16.5. The molecule has 0 unspecified atom stereocenters. The number of benzene rings is 1. The van der Waals surface area contributed by atoms with E-state index >= 15 is 0 Å². The summed E-state index contributed by atoms with van der Waals surface area (Å²) in [6.07, 6.45) is 3.34. The van der Waals surface area contributed by atoms with Crippen molar-refractivity contribution >= 4 is 17.9 Å². The van der Waals surface area contributed by atoms with Gasteiger partial charge in [-0.3, -0.25) is 9.59 Å². The van der Waals surface area contributed by atoms with Gasteiger partial charge in [-0.15, -0.1) is 0 Å². The quantitative estimate of drug-likeness (QED) is 0.406. The fraction of sp³-hybridized carbons (Fsp3) is 0.526. The molecule has 3 amide bonds. The molecule has 1 rings (SSSR count). The lowest BCUT2D eigenvalue weighted by molar-refractivity contribution is -0.129. The highest BCUT2D eigenvalue weighted by Crippen LogP contribution is 2.06. The van der Waals surface area contributed by atoms with Crippen molar-refractivity contribution in [1.29, 1.82) is 0 Å². The van der Waals surface area contributed by atoms with Gasteiger partial charge >= 0.3 is 6.09 Å². The van der Waals surface area contributed by atoms with Crippen LogP contribution in [0, 0.1) is 0 Å². The molecule has 0 bridgehead atoms. The first-order chi connectivity index (χ1) is 13.0. The van der Waals surface area contributed by atoms with E-state index < -0.39 is 36.6 Å². The Morgan fingerprint density at radius 3 is 2.37 bits per heavy atom. The van der Waals surface area contributed by atoms with E-state index in [0.717, 1.165) is 31.2 Å². The molecule has 0 heterocycles. The first kappa shape index (κ1) is 22.4. The molecule has 0 radical (unpaired) electrons. The molecule has 1 aromatic rings. The van der Waals surface area contributed by atoms with Gasteiger partial charge < -0.3 is 26.2 Å². The molecule has 0 aliphatic heterocycles. The maximum absolute atomic E-state index is 12.2. The van der Waals surface area contributed by atoms with Crippen LogP contribution in [0.15, 0.2) is 30.3 Å². The summed E-state index contributed by atoms with van der Waals surface area (Å²) >= 11 is 0. The lowest BCUT2D eigenvalue weighted by Gasteiger charge is -2.20. The molecular formula is C19H29N3O5. The van der Waals surface area contributed by atoms with Crippen molar-refractivity contribution < 1.29 is 24.2 Å². The zero-order valence-corrected chi connectivity index (χ0v) is 15.6. The number of alkyl carbamates (subject to hydrolysis) is 1. The summed E-state index contributed by atoms with van der Waals surface area (Å²) in [5, 5.41) is 14.1. The number of primary amides is 1. The van der Waals surface area contributed by atoms with Crippen LogP contribution < -0.4 is 16.4 Å². The molecule has 150 valence electrons. The molecule has 0 aliphatic carbocycles. The Labute approximate surface area is 159 Å².